The van der Waals surface area contributed by atoms with Crippen LogP contribution in [0.4, 0.5) is 8.78 Å². The number of hydrogen-bond donors (Lipinski definition) is 1. The Hall–Kier alpha value is -3.62. The van der Waals surface area contributed by atoms with Crippen molar-refractivity contribution in [1.29, 1.82) is 0 Å². The van der Waals surface area contributed by atoms with Crippen LogP contribution in [0.3, 0.4) is 0 Å². The third-order valence-corrected chi connectivity index (χ3v) is 7.21. The Morgan fingerprint density at radius 2 is 1.44 bits per heavy atom. The molecule has 0 bridgehead atoms. The maximum atomic E-state index is 14.0. The van der Waals surface area contributed by atoms with Crippen molar-refractivity contribution in [2.24, 2.45) is 11.8 Å². The van der Waals surface area contributed by atoms with Gasteiger partial charge in [0.2, 0.25) is 11.8 Å². The van der Waals surface area contributed by atoms with Crippen LogP contribution in [-0.4, -0.2) is 35.8 Å². The lowest BCUT2D eigenvalue weighted by Gasteiger charge is -2.36. The average molecular weight is 511 g/mol. The number of ether oxygens (including phenoxy) is 1. The summed E-state index contributed by atoms with van der Waals surface area (Å²) in [7, 11) is 1.20. The van der Waals surface area contributed by atoms with E-state index in [1.165, 1.54) is 55.6 Å². The summed E-state index contributed by atoms with van der Waals surface area (Å²) in [6, 6.07) is 16.4. The lowest BCUT2D eigenvalue weighted by molar-refractivity contribution is -0.148. The Morgan fingerprint density at radius 1 is 0.917 bits per heavy atom. The summed E-state index contributed by atoms with van der Waals surface area (Å²) < 4.78 is 32.7. The third kappa shape index (κ3) is 3.77. The number of likely N-dealkylation sites (tertiary alicyclic amines) is 1. The monoisotopic (exact) mass is 510 g/mol. The maximum absolute atomic E-state index is 14.0. The van der Waals surface area contributed by atoms with E-state index < -0.39 is 52.8 Å². The number of nitrogens with zero attached hydrogens (tertiary/aromatic N) is 1. The quantitative estimate of drug-likeness (QED) is 0.417. The van der Waals surface area contributed by atoms with Crippen molar-refractivity contribution in [3.8, 4) is 0 Å². The van der Waals surface area contributed by atoms with Gasteiger partial charge in [-0.3, -0.25) is 24.6 Å². The molecule has 0 spiro atoms. The second-order valence-corrected chi connectivity index (χ2v) is 9.30. The van der Waals surface area contributed by atoms with E-state index in [1.54, 1.807) is 24.3 Å². The summed E-state index contributed by atoms with van der Waals surface area (Å²) in [4.78, 5) is 41.6. The third-order valence-electron chi connectivity index (χ3n) is 6.96. The molecule has 2 saturated heterocycles. The molecule has 5 rings (SSSR count). The van der Waals surface area contributed by atoms with Crippen LogP contribution in [0.25, 0.3) is 0 Å². The Bertz CT molecular complexity index is 1280. The number of esters is 1. The predicted molar refractivity (Wildman–Crippen MR) is 127 cm³/mol. The highest BCUT2D eigenvalue weighted by atomic mass is 35.5. The molecule has 0 radical (unpaired) electrons. The molecule has 36 heavy (non-hydrogen) atoms. The highest BCUT2D eigenvalue weighted by Crippen LogP contribution is 2.52. The highest BCUT2D eigenvalue weighted by molar-refractivity contribution is 6.30. The van der Waals surface area contributed by atoms with Crippen molar-refractivity contribution >= 4 is 29.4 Å². The zero-order valence-corrected chi connectivity index (χ0v) is 19.8. The van der Waals surface area contributed by atoms with Gasteiger partial charge in [-0.15, -0.1) is 0 Å². The molecular weight excluding hydrogens is 490 g/mol. The van der Waals surface area contributed by atoms with E-state index in [0.29, 0.717) is 21.7 Å². The van der Waals surface area contributed by atoms with E-state index in [9.17, 15) is 23.2 Å². The van der Waals surface area contributed by atoms with Crippen molar-refractivity contribution in [2.75, 3.05) is 7.11 Å². The Balaban J connectivity index is 1.68. The Kier molecular flexibility index (Phi) is 6.10. The van der Waals surface area contributed by atoms with E-state index in [0.717, 1.165) is 4.90 Å². The van der Waals surface area contributed by atoms with Crippen LogP contribution in [0.15, 0.2) is 72.8 Å². The van der Waals surface area contributed by atoms with Crippen LogP contribution in [0, 0.1) is 23.5 Å². The molecule has 0 aliphatic carbocycles. The zero-order chi connectivity index (χ0) is 25.6. The molecule has 3 atom stereocenters. The minimum absolute atomic E-state index is 0.0152. The van der Waals surface area contributed by atoms with Gasteiger partial charge in [0.05, 0.1) is 31.0 Å². The topological polar surface area (TPSA) is 75.7 Å². The number of imide groups is 1. The summed E-state index contributed by atoms with van der Waals surface area (Å²) in [5.74, 6) is -4.91. The minimum atomic E-state index is -1.42. The van der Waals surface area contributed by atoms with Gasteiger partial charge in [0.15, 0.2) is 0 Å². The molecule has 2 aliphatic rings. The standard InChI is InChI=1S/C27H21ClF2N2O4/c1-36-26(35)23-21-22(25(34)32(24(21)33)14-15-2-8-18(28)9-3-15)27(31-23,16-4-10-19(29)11-5-16)17-6-12-20(30)13-7-17/h2-13,21-23,31H,14H2,1H3. The largest absolute Gasteiger partial charge is 0.468 e. The molecule has 2 heterocycles. The molecule has 1 N–H and O–H groups in total. The molecule has 3 aromatic carbocycles. The molecule has 6 nitrogen and oxygen atoms in total. The van der Waals surface area contributed by atoms with Gasteiger partial charge < -0.3 is 4.74 Å². The average Bonchev–Trinajstić information content (AvgIpc) is 3.36. The van der Waals surface area contributed by atoms with Crippen molar-refractivity contribution in [3.05, 3.63) is 106 Å². The molecule has 9 heteroatoms. The number of benzene rings is 3. The second kappa shape index (κ2) is 9.11. The van der Waals surface area contributed by atoms with E-state index in [2.05, 4.69) is 5.32 Å². The summed E-state index contributed by atoms with van der Waals surface area (Å²) in [6.07, 6.45) is 0. The van der Waals surface area contributed by atoms with Crippen LogP contribution in [0.1, 0.15) is 16.7 Å². The number of carbonyl (C=O) groups is 3. The number of nitrogens with one attached hydrogen (secondary N) is 1. The molecule has 184 valence electrons. The molecule has 2 fully saturated rings. The number of carbonyl (C=O) groups excluding carboxylic acids is 3. The van der Waals surface area contributed by atoms with Gasteiger partial charge in [-0.2, -0.15) is 0 Å². The van der Waals surface area contributed by atoms with Gasteiger partial charge in [-0.25, -0.2) is 8.78 Å². The van der Waals surface area contributed by atoms with E-state index in [-0.39, 0.29) is 6.54 Å². The second-order valence-electron chi connectivity index (χ2n) is 8.86. The Labute approximate surface area is 210 Å². The lowest BCUT2D eigenvalue weighted by Crippen LogP contribution is -2.51. The molecule has 2 amide bonds. The number of amides is 2. The van der Waals surface area contributed by atoms with Crippen LogP contribution < -0.4 is 5.32 Å². The van der Waals surface area contributed by atoms with E-state index >= 15 is 0 Å². The predicted octanol–water partition coefficient (Wildman–Crippen LogP) is 3.81. The van der Waals surface area contributed by atoms with Gasteiger partial charge in [-0.1, -0.05) is 48.0 Å². The maximum Gasteiger partial charge on any atom is 0.323 e. The Morgan fingerprint density at radius 3 is 1.94 bits per heavy atom. The van der Waals surface area contributed by atoms with Crippen LogP contribution in [0.2, 0.25) is 5.02 Å². The zero-order valence-electron chi connectivity index (χ0n) is 19.1. The van der Waals surface area contributed by atoms with Gasteiger partial charge in [0, 0.05) is 5.02 Å². The normalized spacial score (nSPS) is 22.6. The van der Waals surface area contributed by atoms with Crippen LogP contribution >= 0.6 is 11.6 Å². The molecular formula is C27H21ClF2N2O4. The number of halogens is 3. The number of fused-ring (bicyclic) bond motifs is 1. The van der Waals surface area contributed by atoms with Gasteiger partial charge in [0.1, 0.15) is 17.7 Å². The smallest absolute Gasteiger partial charge is 0.323 e. The number of rotatable bonds is 5. The molecule has 2 aliphatic heterocycles. The van der Waals surface area contributed by atoms with Crippen molar-refractivity contribution in [1.82, 2.24) is 10.2 Å². The van der Waals surface area contributed by atoms with Gasteiger partial charge in [0.25, 0.3) is 0 Å². The summed E-state index contributed by atoms with van der Waals surface area (Å²) >= 11 is 5.97. The van der Waals surface area contributed by atoms with Crippen molar-refractivity contribution < 1.29 is 27.9 Å². The molecule has 0 aromatic heterocycles. The van der Waals surface area contributed by atoms with Crippen molar-refractivity contribution in [3.63, 3.8) is 0 Å². The fraction of sp³-hybridized carbons (Fsp3) is 0.222. The van der Waals surface area contributed by atoms with Crippen molar-refractivity contribution in [2.45, 2.75) is 18.1 Å². The lowest BCUT2D eigenvalue weighted by atomic mass is 9.71. The van der Waals surface area contributed by atoms with Crippen LogP contribution in [0.5, 0.6) is 0 Å². The summed E-state index contributed by atoms with van der Waals surface area (Å²) in [6.45, 7) is -0.0152. The van der Waals surface area contributed by atoms with E-state index in [1.807, 2.05) is 0 Å². The highest BCUT2D eigenvalue weighted by Gasteiger charge is 2.68. The fourth-order valence-corrected chi connectivity index (χ4v) is 5.47. The van der Waals surface area contributed by atoms with Gasteiger partial charge in [-0.05, 0) is 53.1 Å². The fourth-order valence-electron chi connectivity index (χ4n) is 5.35. The first-order valence-corrected chi connectivity index (χ1v) is 11.6. The molecule has 3 aromatic rings. The first-order chi connectivity index (χ1) is 17.3. The molecule has 3 unspecified atom stereocenters. The van der Waals surface area contributed by atoms with E-state index in [4.69, 9.17) is 16.3 Å². The van der Waals surface area contributed by atoms with Gasteiger partial charge >= 0.3 is 5.97 Å². The number of methoxy groups -OCH3 is 1. The summed E-state index contributed by atoms with van der Waals surface area (Å²) in [5, 5.41) is 3.69. The molecule has 0 saturated carbocycles. The number of hydrogen-bond acceptors (Lipinski definition) is 5. The first kappa shape index (κ1) is 24.1. The summed E-state index contributed by atoms with van der Waals surface area (Å²) in [5.41, 5.74) is 0.155. The first-order valence-electron chi connectivity index (χ1n) is 11.2. The SMILES string of the molecule is COC(=O)C1NC(c2ccc(F)cc2)(c2ccc(F)cc2)C2C(=O)N(Cc3ccc(Cl)cc3)C(=O)C12. The van der Waals surface area contributed by atoms with Crippen LogP contribution in [-0.2, 0) is 31.2 Å². The minimum Gasteiger partial charge on any atom is -0.468 e.